The molecular formula is C7H9N3O3S2. The van der Waals surface area contributed by atoms with Gasteiger partial charge < -0.3 is 0 Å². The Kier molecular flexibility index (Phi) is 2.74. The molecule has 82 valence electrons. The van der Waals surface area contributed by atoms with Crippen LogP contribution in [0.5, 0.6) is 0 Å². The predicted octanol–water partition coefficient (Wildman–Crippen LogP) is 0.331. The van der Waals surface area contributed by atoms with Gasteiger partial charge in [-0.25, -0.2) is 4.98 Å². The first-order valence-corrected chi connectivity index (χ1v) is 6.49. The van der Waals surface area contributed by atoms with Crippen LogP contribution >= 0.6 is 11.3 Å². The topological polar surface area (TPSA) is 83.7 Å². The summed E-state index contributed by atoms with van der Waals surface area (Å²) in [4.78, 5) is 4.98. The molecular weight excluding hydrogens is 238 g/mol. The minimum absolute atomic E-state index is 0.169. The molecule has 0 fully saturated rings. The Morgan fingerprint density at radius 2 is 2.40 bits per heavy atom. The molecule has 0 aliphatic heterocycles. The van der Waals surface area contributed by atoms with E-state index in [1.54, 1.807) is 12.5 Å². The summed E-state index contributed by atoms with van der Waals surface area (Å²) in [5.41, 5.74) is 0.962. The SMILES string of the molecule is O=S(=O)(O)NCCc1csc2cncn12. The maximum absolute atomic E-state index is 10.4. The summed E-state index contributed by atoms with van der Waals surface area (Å²) in [5, 5.41) is 1.93. The smallest absolute Gasteiger partial charge is 0.294 e. The molecule has 0 aliphatic carbocycles. The molecule has 0 saturated carbocycles. The zero-order valence-electron chi connectivity index (χ0n) is 7.62. The molecule has 0 aromatic carbocycles. The third-order valence-electron chi connectivity index (χ3n) is 1.90. The Morgan fingerprint density at radius 1 is 1.60 bits per heavy atom. The summed E-state index contributed by atoms with van der Waals surface area (Å²) < 4.78 is 33.2. The fraction of sp³-hybridized carbons (Fsp3) is 0.286. The first kappa shape index (κ1) is 10.6. The quantitative estimate of drug-likeness (QED) is 0.763. The second-order valence-electron chi connectivity index (χ2n) is 2.95. The zero-order valence-corrected chi connectivity index (χ0v) is 9.25. The van der Waals surface area contributed by atoms with Crippen LogP contribution in [0, 0.1) is 0 Å². The molecule has 2 N–H and O–H groups in total. The fourth-order valence-corrected chi connectivity index (χ4v) is 2.51. The second kappa shape index (κ2) is 3.89. The van der Waals surface area contributed by atoms with Gasteiger partial charge in [-0.15, -0.1) is 11.3 Å². The maximum atomic E-state index is 10.4. The predicted molar refractivity (Wildman–Crippen MR) is 56.3 cm³/mol. The Morgan fingerprint density at radius 3 is 3.13 bits per heavy atom. The average molecular weight is 247 g/mol. The summed E-state index contributed by atoms with van der Waals surface area (Å²) in [6.07, 6.45) is 3.93. The van der Waals surface area contributed by atoms with Gasteiger partial charge in [0.15, 0.2) is 0 Å². The van der Waals surface area contributed by atoms with Gasteiger partial charge in [-0.1, -0.05) is 0 Å². The van der Waals surface area contributed by atoms with Crippen molar-refractivity contribution in [1.82, 2.24) is 14.1 Å². The molecule has 15 heavy (non-hydrogen) atoms. The van der Waals surface area contributed by atoms with Gasteiger partial charge in [0.1, 0.15) is 11.2 Å². The number of nitrogens with zero attached hydrogens (tertiary/aromatic N) is 2. The fourth-order valence-electron chi connectivity index (χ4n) is 1.26. The molecule has 0 radical (unpaired) electrons. The van der Waals surface area contributed by atoms with E-state index in [4.69, 9.17) is 4.55 Å². The van der Waals surface area contributed by atoms with Crippen LogP contribution in [-0.2, 0) is 16.7 Å². The lowest BCUT2D eigenvalue weighted by atomic mass is 10.3. The van der Waals surface area contributed by atoms with Crippen molar-refractivity contribution in [1.29, 1.82) is 0 Å². The Hall–Kier alpha value is -0.960. The molecule has 0 bridgehead atoms. The lowest BCUT2D eigenvalue weighted by Gasteiger charge is -1.99. The van der Waals surface area contributed by atoms with Crippen molar-refractivity contribution in [2.24, 2.45) is 0 Å². The number of nitrogens with one attached hydrogen (secondary N) is 1. The van der Waals surface area contributed by atoms with Gasteiger partial charge in [0.05, 0.1) is 6.20 Å². The number of rotatable bonds is 4. The van der Waals surface area contributed by atoms with Crippen LogP contribution in [-0.4, -0.2) is 28.9 Å². The van der Waals surface area contributed by atoms with E-state index < -0.39 is 10.3 Å². The van der Waals surface area contributed by atoms with Crippen LogP contribution in [0.2, 0.25) is 0 Å². The first-order chi connectivity index (χ1) is 7.06. The van der Waals surface area contributed by atoms with Gasteiger partial charge in [-0.2, -0.15) is 13.1 Å². The summed E-state index contributed by atoms with van der Waals surface area (Å²) >= 11 is 1.54. The lowest BCUT2D eigenvalue weighted by Crippen LogP contribution is -2.25. The highest BCUT2D eigenvalue weighted by Gasteiger charge is 2.05. The van der Waals surface area contributed by atoms with Crippen LogP contribution in [0.1, 0.15) is 5.69 Å². The van der Waals surface area contributed by atoms with Crippen molar-refractivity contribution < 1.29 is 13.0 Å². The Balaban J connectivity index is 2.04. The van der Waals surface area contributed by atoms with E-state index in [0.29, 0.717) is 6.42 Å². The first-order valence-electron chi connectivity index (χ1n) is 4.17. The van der Waals surface area contributed by atoms with Crippen LogP contribution in [0.25, 0.3) is 4.83 Å². The van der Waals surface area contributed by atoms with E-state index in [-0.39, 0.29) is 6.54 Å². The van der Waals surface area contributed by atoms with Crippen LogP contribution in [0.3, 0.4) is 0 Å². The molecule has 0 saturated heterocycles. The highest BCUT2D eigenvalue weighted by atomic mass is 32.2. The van der Waals surface area contributed by atoms with Gasteiger partial charge in [0.2, 0.25) is 0 Å². The monoisotopic (exact) mass is 247 g/mol. The number of fused-ring (bicyclic) bond motifs is 1. The highest BCUT2D eigenvalue weighted by molar-refractivity contribution is 7.83. The third kappa shape index (κ3) is 2.53. The number of imidazole rings is 1. The van der Waals surface area contributed by atoms with Gasteiger partial charge in [0.25, 0.3) is 0 Å². The van der Waals surface area contributed by atoms with Crippen LogP contribution < -0.4 is 4.72 Å². The number of hydrogen-bond donors (Lipinski definition) is 2. The number of aromatic nitrogens is 2. The minimum atomic E-state index is -4.09. The molecule has 0 aliphatic rings. The van der Waals surface area contributed by atoms with E-state index in [1.165, 1.54) is 11.3 Å². The van der Waals surface area contributed by atoms with E-state index in [0.717, 1.165) is 10.5 Å². The molecule has 0 unspecified atom stereocenters. The van der Waals surface area contributed by atoms with Gasteiger partial charge in [0, 0.05) is 24.0 Å². The van der Waals surface area contributed by atoms with Crippen molar-refractivity contribution >= 4 is 26.5 Å². The molecule has 2 heterocycles. The molecule has 0 amide bonds. The van der Waals surface area contributed by atoms with E-state index in [2.05, 4.69) is 4.98 Å². The van der Waals surface area contributed by atoms with Gasteiger partial charge in [-0.05, 0) is 0 Å². The van der Waals surface area contributed by atoms with Gasteiger partial charge in [-0.3, -0.25) is 8.95 Å². The molecule has 6 nitrogen and oxygen atoms in total. The van der Waals surface area contributed by atoms with Crippen LogP contribution in [0.15, 0.2) is 17.9 Å². The Labute approximate surface area is 90.5 Å². The zero-order chi connectivity index (χ0) is 10.9. The summed E-state index contributed by atoms with van der Waals surface area (Å²) in [7, 11) is -4.09. The largest absolute Gasteiger partial charge is 0.333 e. The molecule has 2 aromatic heterocycles. The van der Waals surface area contributed by atoms with Crippen molar-refractivity contribution in [2.45, 2.75) is 6.42 Å². The molecule has 0 atom stereocenters. The second-order valence-corrected chi connectivity index (χ2v) is 5.08. The maximum Gasteiger partial charge on any atom is 0.333 e. The average Bonchev–Trinajstić information content (AvgIpc) is 2.66. The molecule has 2 rings (SSSR count). The Bertz CT molecular complexity index is 557. The third-order valence-corrected chi connectivity index (χ3v) is 3.40. The van der Waals surface area contributed by atoms with E-state index >= 15 is 0 Å². The molecule has 8 heteroatoms. The summed E-state index contributed by atoms with van der Waals surface area (Å²) in [6.45, 7) is 0.169. The highest BCUT2D eigenvalue weighted by Crippen LogP contribution is 2.15. The normalized spacial score (nSPS) is 12.3. The van der Waals surface area contributed by atoms with E-state index in [1.807, 2.05) is 14.5 Å². The summed E-state index contributed by atoms with van der Waals surface area (Å²) in [6, 6.07) is 0. The van der Waals surface area contributed by atoms with Crippen molar-refractivity contribution in [3.05, 3.63) is 23.6 Å². The lowest BCUT2D eigenvalue weighted by molar-refractivity contribution is 0.468. The molecule has 2 aromatic rings. The number of hydrogen-bond acceptors (Lipinski definition) is 4. The van der Waals surface area contributed by atoms with Crippen molar-refractivity contribution in [2.75, 3.05) is 6.54 Å². The van der Waals surface area contributed by atoms with Crippen molar-refractivity contribution in [3.63, 3.8) is 0 Å². The van der Waals surface area contributed by atoms with Gasteiger partial charge >= 0.3 is 10.3 Å². The van der Waals surface area contributed by atoms with E-state index in [9.17, 15) is 8.42 Å². The van der Waals surface area contributed by atoms with Crippen molar-refractivity contribution in [3.8, 4) is 0 Å². The standard InChI is InChI=1S/C7H9N3O3S2/c11-15(12,13)9-2-1-6-4-14-7-3-8-5-10(6)7/h3-5,9H,1-2H2,(H,11,12,13). The minimum Gasteiger partial charge on any atom is -0.294 e. The molecule has 0 spiro atoms. The van der Waals surface area contributed by atoms with Crippen LogP contribution in [0.4, 0.5) is 0 Å². The number of thiazole rings is 1. The summed E-state index contributed by atoms with van der Waals surface area (Å²) in [5.74, 6) is 0.